The minimum absolute atomic E-state index is 0.832. The van der Waals surface area contributed by atoms with Crippen LogP contribution in [0.1, 0.15) is 76.5 Å². The Bertz CT molecular complexity index is 781. The zero-order chi connectivity index (χ0) is 19.6. The van der Waals surface area contributed by atoms with Gasteiger partial charge in [0.25, 0.3) is 0 Å². The van der Waals surface area contributed by atoms with Gasteiger partial charge in [0.15, 0.2) is 0 Å². The molecule has 0 spiro atoms. The Morgan fingerprint density at radius 2 is 1.39 bits per heavy atom. The predicted molar refractivity (Wildman–Crippen MR) is 127 cm³/mol. The molecule has 3 heteroatoms. The molecule has 0 radical (unpaired) electrons. The van der Waals surface area contributed by atoms with Crippen LogP contribution in [0.4, 0.5) is 0 Å². The van der Waals surface area contributed by atoms with Gasteiger partial charge in [-0.25, -0.2) is 0 Å². The van der Waals surface area contributed by atoms with Gasteiger partial charge in [-0.1, -0.05) is 58.8 Å². The second-order valence-corrected chi connectivity index (χ2v) is 9.90. The zero-order valence-corrected chi connectivity index (χ0v) is 19.1. The van der Waals surface area contributed by atoms with Gasteiger partial charge in [-0.05, 0) is 61.2 Å². The number of ether oxygens (including phenoxy) is 1. The van der Waals surface area contributed by atoms with Crippen molar-refractivity contribution >= 4 is 32.1 Å². The molecule has 0 saturated carbocycles. The van der Waals surface area contributed by atoms with E-state index in [4.69, 9.17) is 4.74 Å². The fourth-order valence-corrected chi connectivity index (χ4v) is 5.96. The highest BCUT2D eigenvalue weighted by Gasteiger charge is 2.09. The van der Waals surface area contributed by atoms with E-state index in [9.17, 15) is 0 Å². The molecule has 0 aliphatic rings. The highest BCUT2D eigenvalue weighted by atomic mass is 32.1. The van der Waals surface area contributed by atoms with Crippen molar-refractivity contribution in [3.8, 4) is 16.2 Å². The number of aryl methyl sites for hydroxylation is 1. The van der Waals surface area contributed by atoms with Crippen LogP contribution in [0.25, 0.3) is 19.8 Å². The summed E-state index contributed by atoms with van der Waals surface area (Å²) in [6.45, 7) is 5.36. The standard InChI is InChI=1S/C25H34OS2/c1-3-5-7-9-11-17-26-21-15-13-20(14-16-21)23-19-25-24(28-23)18-22(27-25)12-10-8-6-4-2/h13-16,18-19H,3-12,17H2,1-2H3. The number of hydrogen-bond donors (Lipinski definition) is 0. The van der Waals surface area contributed by atoms with Crippen molar-refractivity contribution in [2.24, 2.45) is 0 Å². The topological polar surface area (TPSA) is 9.23 Å². The Morgan fingerprint density at radius 3 is 2.11 bits per heavy atom. The lowest BCUT2D eigenvalue weighted by molar-refractivity contribution is 0.304. The van der Waals surface area contributed by atoms with Crippen LogP contribution in [-0.2, 0) is 6.42 Å². The molecule has 152 valence electrons. The Hall–Kier alpha value is -1.32. The molecule has 0 aliphatic heterocycles. The van der Waals surface area contributed by atoms with Gasteiger partial charge in [0, 0.05) is 19.2 Å². The molecule has 0 fully saturated rings. The van der Waals surface area contributed by atoms with E-state index in [1.54, 1.807) is 4.88 Å². The van der Waals surface area contributed by atoms with Crippen LogP contribution in [0.15, 0.2) is 36.4 Å². The van der Waals surface area contributed by atoms with E-state index < -0.39 is 0 Å². The lowest BCUT2D eigenvalue weighted by Gasteiger charge is -2.06. The van der Waals surface area contributed by atoms with Crippen molar-refractivity contribution in [2.75, 3.05) is 6.61 Å². The van der Waals surface area contributed by atoms with Gasteiger partial charge >= 0.3 is 0 Å². The van der Waals surface area contributed by atoms with Crippen LogP contribution in [0, 0.1) is 0 Å². The Morgan fingerprint density at radius 1 is 0.714 bits per heavy atom. The summed E-state index contributed by atoms with van der Waals surface area (Å²) in [5.41, 5.74) is 1.30. The number of hydrogen-bond acceptors (Lipinski definition) is 3. The SMILES string of the molecule is CCCCCCCOc1ccc(-c2cc3sc(CCCCCC)cc3s2)cc1. The maximum Gasteiger partial charge on any atom is 0.119 e. The van der Waals surface area contributed by atoms with E-state index in [1.807, 2.05) is 22.7 Å². The number of rotatable bonds is 13. The Kier molecular flexibility index (Phi) is 8.88. The fraction of sp³-hybridized carbons (Fsp3) is 0.520. The third-order valence-electron chi connectivity index (χ3n) is 5.19. The van der Waals surface area contributed by atoms with Gasteiger partial charge in [0.2, 0.25) is 0 Å². The highest BCUT2D eigenvalue weighted by molar-refractivity contribution is 7.29. The van der Waals surface area contributed by atoms with Gasteiger partial charge in [0.1, 0.15) is 5.75 Å². The minimum atomic E-state index is 0.832. The molecule has 0 amide bonds. The monoisotopic (exact) mass is 414 g/mol. The van der Waals surface area contributed by atoms with E-state index in [0.717, 1.165) is 18.8 Å². The lowest BCUT2D eigenvalue weighted by atomic mass is 10.1. The minimum Gasteiger partial charge on any atom is -0.494 e. The van der Waals surface area contributed by atoms with Crippen LogP contribution in [-0.4, -0.2) is 6.61 Å². The van der Waals surface area contributed by atoms with Crippen LogP contribution in [0.5, 0.6) is 5.75 Å². The van der Waals surface area contributed by atoms with Crippen molar-refractivity contribution in [1.29, 1.82) is 0 Å². The van der Waals surface area contributed by atoms with Crippen molar-refractivity contribution in [3.05, 3.63) is 41.3 Å². The third-order valence-corrected chi connectivity index (χ3v) is 7.59. The molecule has 0 saturated heterocycles. The molecular weight excluding hydrogens is 380 g/mol. The average molecular weight is 415 g/mol. The molecule has 1 aromatic carbocycles. The fourth-order valence-electron chi connectivity index (χ4n) is 3.49. The van der Waals surface area contributed by atoms with Crippen LogP contribution >= 0.6 is 22.7 Å². The number of benzene rings is 1. The summed E-state index contributed by atoms with van der Waals surface area (Å²) in [4.78, 5) is 2.91. The molecule has 0 N–H and O–H groups in total. The van der Waals surface area contributed by atoms with Gasteiger partial charge < -0.3 is 4.74 Å². The number of unbranched alkanes of at least 4 members (excludes halogenated alkanes) is 7. The molecule has 3 rings (SSSR count). The second-order valence-electron chi connectivity index (χ2n) is 7.65. The van der Waals surface area contributed by atoms with Gasteiger partial charge in [-0.3, -0.25) is 0 Å². The first kappa shape index (κ1) is 21.4. The van der Waals surface area contributed by atoms with Crippen molar-refractivity contribution in [1.82, 2.24) is 0 Å². The molecule has 2 heterocycles. The van der Waals surface area contributed by atoms with E-state index in [1.165, 1.54) is 77.6 Å². The molecule has 0 unspecified atom stereocenters. The molecule has 2 aromatic heterocycles. The smallest absolute Gasteiger partial charge is 0.119 e. The molecule has 28 heavy (non-hydrogen) atoms. The molecule has 3 aromatic rings. The van der Waals surface area contributed by atoms with Crippen LogP contribution in [0.3, 0.4) is 0 Å². The van der Waals surface area contributed by atoms with Gasteiger partial charge in [-0.2, -0.15) is 0 Å². The maximum absolute atomic E-state index is 5.90. The predicted octanol–water partition coefficient (Wildman–Crippen LogP) is 9.10. The second kappa shape index (κ2) is 11.6. The van der Waals surface area contributed by atoms with E-state index >= 15 is 0 Å². The first-order valence-corrected chi connectivity index (χ1v) is 12.7. The van der Waals surface area contributed by atoms with Crippen LogP contribution in [0.2, 0.25) is 0 Å². The maximum atomic E-state index is 5.90. The first-order chi connectivity index (χ1) is 13.8. The normalized spacial score (nSPS) is 11.4. The van der Waals surface area contributed by atoms with Crippen molar-refractivity contribution in [3.63, 3.8) is 0 Å². The van der Waals surface area contributed by atoms with Gasteiger partial charge in [0.05, 0.1) is 6.61 Å². The summed E-state index contributed by atoms with van der Waals surface area (Å²) in [6.07, 6.45) is 13.0. The zero-order valence-electron chi connectivity index (χ0n) is 17.5. The van der Waals surface area contributed by atoms with Crippen molar-refractivity contribution < 1.29 is 4.74 Å². The summed E-state index contributed by atoms with van der Waals surface area (Å²) >= 11 is 3.90. The number of fused-ring (bicyclic) bond motifs is 1. The van der Waals surface area contributed by atoms with E-state index in [0.29, 0.717) is 0 Å². The summed E-state index contributed by atoms with van der Waals surface area (Å²) < 4.78 is 8.78. The highest BCUT2D eigenvalue weighted by Crippen LogP contribution is 2.39. The van der Waals surface area contributed by atoms with Crippen molar-refractivity contribution in [2.45, 2.75) is 78.1 Å². The van der Waals surface area contributed by atoms with Gasteiger partial charge in [-0.15, -0.1) is 22.7 Å². The summed E-state index contributed by atoms with van der Waals surface area (Å²) in [6, 6.07) is 13.4. The Balaban J connectivity index is 1.50. The van der Waals surface area contributed by atoms with E-state index in [-0.39, 0.29) is 0 Å². The third kappa shape index (κ3) is 6.35. The Labute approximate surface area is 178 Å². The summed E-state index contributed by atoms with van der Waals surface area (Å²) in [5.74, 6) is 0.993. The average Bonchev–Trinajstić information content (AvgIpc) is 3.27. The first-order valence-electron chi connectivity index (χ1n) is 11.1. The lowest BCUT2D eigenvalue weighted by Crippen LogP contribution is -1.97. The number of thiophene rings is 2. The molecule has 0 bridgehead atoms. The molecule has 1 nitrogen and oxygen atoms in total. The largest absolute Gasteiger partial charge is 0.494 e. The molecule has 0 atom stereocenters. The summed E-state index contributed by atoms with van der Waals surface area (Å²) in [5, 5.41) is 0. The quantitative estimate of drug-likeness (QED) is 0.253. The van der Waals surface area contributed by atoms with E-state index in [2.05, 4.69) is 50.2 Å². The molecule has 0 aliphatic carbocycles. The molecular formula is C25H34OS2. The summed E-state index contributed by atoms with van der Waals surface area (Å²) in [7, 11) is 0. The van der Waals surface area contributed by atoms with Crippen LogP contribution < -0.4 is 4.74 Å².